The number of rotatable bonds is 6. The first kappa shape index (κ1) is 22.9. The zero-order valence-electron chi connectivity index (χ0n) is 16.9. The molecule has 0 saturated carbocycles. The number of hydrogen-bond acceptors (Lipinski definition) is 6. The van der Waals surface area contributed by atoms with Gasteiger partial charge in [0.15, 0.2) is 17.5 Å². The number of fused-ring (bicyclic) bond motifs is 2. The van der Waals surface area contributed by atoms with Crippen LogP contribution in [0.2, 0.25) is 5.02 Å². The Morgan fingerprint density at radius 2 is 2.06 bits per heavy atom. The average molecular weight is 541 g/mol. The van der Waals surface area contributed by atoms with Crippen molar-refractivity contribution in [1.29, 1.82) is 0 Å². The van der Waals surface area contributed by atoms with Crippen molar-refractivity contribution in [1.82, 2.24) is 4.90 Å². The molecule has 0 bridgehead atoms. The van der Waals surface area contributed by atoms with Crippen LogP contribution in [0.5, 0.6) is 11.5 Å². The second-order valence-electron chi connectivity index (χ2n) is 7.23. The van der Waals surface area contributed by atoms with Gasteiger partial charge in [-0.2, -0.15) is 0 Å². The Hall–Kier alpha value is -2.23. The summed E-state index contributed by atoms with van der Waals surface area (Å²) in [7, 11) is 0. The van der Waals surface area contributed by atoms with Gasteiger partial charge in [-0.25, -0.2) is 4.39 Å². The van der Waals surface area contributed by atoms with Gasteiger partial charge in [0.2, 0.25) is 0 Å². The number of carbonyl (C=O) groups excluding carboxylic acids is 1. The van der Waals surface area contributed by atoms with Gasteiger partial charge in [0.05, 0.1) is 24.5 Å². The molecule has 168 valence electrons. The Bertz CT molecular complexity index is 1100. The van der Waals surface area contributed by atoms with Crippen LogP contribution in [0.1, 0.15) is 12.0 Å². The number of ether oxygens (including phenoxy) is 2. The van der Waals surface area contributed by atoms with Gasteiger partial charge >= 0.3 is 0 Å². The van der Waals surface area contributed by atoms with E-state index in [0.717, 1.165) is 29.5 Å². The predicted octanol–water partition coefficient (Wildman–Crippen LogP) is 4.97. The van der Waals surface area contributed by atoms with Gasteiger partial charge in [0.25, 0.3) is 5.91 Å². The van der Waals surface area contributed by atoms with Gasteiger partial charge in [-0.05, 0) is 42.8 Å². The molecule has 0 spiro atoms. The summed E-state index contributed by atoms with van der Waals surface area (Å²) in [5.74, 6) is 0.817. The Morgan fingerprint density at radius 3 is 2.88 bits per heavy atom. The topological polar surface area (TPSA) is 54.4 Å². The second-order valence-corrected chi connectivity index (χ2v) is 8.50. The van der Waals surface area contributed by atoms with Crippen LogP contribution in [0.25, 0.3) is 5.70 Å². The minimum atomic E-state index is -0.307. The Labute approximate surface area is 204 Å². The third-order valence-electron chi connectivity index (χ3n) is 5.22. The molecule has 0 unspecified atom stereocenters. The number of amidine groups is 1. The van der Waals surface area contributed by atoms with Crippen LogP contribution in [0.15, 0.2) is 46.8 Å². The summed E-state index contributed by atoms with van der Waals surface area (Å²) in [6.45, 7) is 2.41. The molecule has 0 atom stereocenters. The maximum atomic E-state index is 13.0. The van der Waals surface area contributed by atoms with E-state index >= 15 is 0 Å². The fourth-order valence-corrected chi connectivity index (χ4v) is 4.95. The summed E-state index contributed by atoms with van der Waals surface area (Å²) in [5.41, 5.74) is 2.52. The van der Waals surface area contributed by atoms with Gasteiger partial charge in [0, 0.05) is 29.1 Å². The van der Waals surface area contributed by atoms with Crippen LogP contribution in [-0.2, 0) is 4.79 Å². The lowest BCUT2D eigenvalue weighted by Gasteiger charge is -2.32. The van der Waals surface area contributed by atoms with E-state index in [1.807, 2.05) is 11.5 Å². The number of carbonyl (C=O) groups is 1. The number of benzene rings is 2. The third-order valence-corrected chi connectivity index (χ3v) is 6.34. The number of halogens is 3. The highest BCUT2D eigenvalue weighted by Crippen LogP contribution is 2.45. The number of aliphatic imine (C=N–C) groups is 1. The van der Waals surface area contributed by atoms with Crippen molar-refractivity contribution in [3.63, 3.8) is 0 Å². The van der Waals surface area contributed by atoms with E-state index in [1.165, 1.54) is 12.1 Å². The monoisotopic (exact) mass is 539 g/mol. The first-order valence-corrected chi connectivity index (χ1v) is 11.2. The number of amides is 1. The lowest BCUT2D eigenvalue weighted by Crippen LogP contribution is -2.40. The molecule has 0 aliphatic carbocycles. The summed E-state index contributed by atoms with van der Waals surface area (Å²) in [5, 5.41) is 3.56. The van der Waals surface area contributed by atoms with Crippen molar-refractivity contribution < 1.29 is 18.7 Å². The second kappa shape index (κ2) is 9.72. The van der Waals surface area contributed by atoms with E-state index in [0.29, 0.717) is 41.8 Å². The molecule has 0 N–H and O–H groups in total. The Kier molecular flexibility index (Phi) is 6.97. The smallest absolute Gasteiger partial charge is 0.265 e. The summed E-state index contributed by atoms with van der Waals surface area (Å²) in [6.07, 6.45) is 0.603. The van der Waals surface area contributed by atoms with Gasteiger partial charge in [-0.3, -0.25) is 9.79 Å². The Balaban J connectivity index is 0.00000245. The van der Waals surface area contributed by atoms with E-state index < -0.39 is 0 Å². The normalized spacial score (nSPS) is 16.6. The standard InChI is InChI=1S/C22H19ClFN3O3S.BrH/c23-14-10-17(19-13-31-22-25-6-8-27(19)22)21-18(11-14)26(20(28)12-30-21)7-1-9-29-16-4-2-15(24)3-5-16;/h2-5,10-11,13H,1,6-9,12H2;1H. The highest BCUT2D eigenvalue weighted by Gasteiger charge is 2.33. The summed E-state index contributed by atoms with van der Waals surface area (Å²) in [6, 6.07) is 9.51. The van der Waals surface area contributed by atoms with Crippen LogP contribution in [0, 0.1) is 5.82 Å². The van der Waals surface area contributed by atoms with Crippen LogP contribution in [0.4, 0.5) is 10.1 Å². The van der Waals surface area contributed by atoms with E-state index in [-0.39, 0.29) is 35.3 Å². The van der Waals surface area contributed by atoms with Crippen molar-refractivity contribution in [2.24, 2.45) is 4.99 Å². The lowest BCUT2D eigenvalue weighted by atomic mass is 10.1. The molecular formula is C22H20BrClFN3O3S. The molecule has 5 rings (SSSR count). The number of hydrogen-bond donors (Lipinski definition) is 0. The fourth-order valence-electron chi connectivity index (χ4n) is 3.79. The molecule has 2 aromatic carbocycles. The first-order chi connectivity index (χ1) is 15.1. The third kappa shape index (κ3) is 4.46. The van der Waals surface area contributed by atoms with E-state index in [4.69, 9.17) is 21.1 Å². The molecule has 6 nitrogen and oxygen atoms in total. The molecule has 0 fully saturated rings. The molecule has 3 aliphatic heterocycles. The fraction of sp³-hybridized carbons (Fsp3) is 0.273. The molecule has 0 saturated heterocycles. The van der Waals surface area contributed by atoms with E-state index in [9.17, 15) is 9.18 Å². The highest BCUT2D eigenvalue weighted by atomic mass is 79.9. The molecule has 10 heteroatoms. The molecule has 32 heavy (non-hydrogen) atoms. The SMILES string of the molecule is Br.O=C1COc2c(C3=CSC4=NCCN34)cc(Cl)cc2N1CCCOc1ccc(F)cc1. The van der Waals surface area contributed by atoms with Crippen LogP contribution in [-0.4, -0.2) is 48.8 Å². The minimum absolute atomic E-state index is 0. The summed E-state index contributed by atoms with van der Waals surface area (Å²) >= 11 is 8.02. The molecule has 3 heterocycles. The molecule has 0 radical (unpaired) electrons. The van der Waals surface area contributed by atoms with Crippen molar-refractivity contribution in [3.05, 3.63) is 58.2 Å². The van der Waals surface area contributed by atoms with Gasteiger partial charge in [-0.15, -0.1) is 17.0 Å². The van der Waals surface area contributed by atoms with Crippen molar-refractivity contribution >= 4 is 62.8 Å². The van der Waals surface area contributed by atoms with Crippen molar-refractivity contribution in [2.75, 3.05) is 37.7 Å². The summed E-state index contributed by atoms with van der Waals surface area (Å²) < 4.78 is 24.5. The maximum absolute atomic E-state index is 13.0. The van der Waals surface area contributed by atoms with Crippen LogP contribution in [0.3, 0.4) is 0 Å². The number of nitrogens with zero attached hydrogens (tertiary/aromatic N) is 3. The van der Waals surface area contributed by atoms with Gasteiger partial charge in [0.1, 0.15) is 11.6 Å². The van der Waals surface area contributed by atoms with Crippen LogP contribution < -0.4 is 14.4 Å². The van der Waals surface area contributed by atoms with E-state index in [2.05, 4.69) is 9.89 Å². The summed E-state index contributed by atoms with van der Waals surface area (Å²) in [4.78, 5) is 21.0. The zero-order valence-corrected chi connectivity index (χ0v) is 20.2. The van der Waals surface area contributed by atoms with E-state index in [1.54, 1.807) is 34.9 Å². The van der Waals surface area contributed by atoms with Crippen molar-refractivity contribution in [2.45, 2.75) is 6.42 Å². The molecule has 1 amide bonds. The average Bonchev–Trinajstić information content (AvgIpc) is 3.37. The molecule has 3 aliphatic rings. The van der Waals surface area contributed by atoms with Crippen LogP contribution >= 0.6 is 40.3 Å². The maximum Gasteiger partial charge on any atom is 0.265 e. The first-order valence-electron chi connectivity index (χ1n) is 9.94. The minimum Gasteiger partial charge on any atom is -0.494 e. The zero-order chi connectivity index (χ0) is 21.4. The number of thioether (sulfide) groups is 1. The quantitative estimate of drug-likeness (QED) is 0.485. The Morgan fingerprint density at radius 1 is 1.25 bits per heavy atom. The number of anilines is 1. The highest BCUT2D eigenvalue weighted by molar-refractivity contribution is 8.93. The molecule has 0 aromatic heterocycles. The predicted molar refractivity (Wildman–Crippen MR) is 131 cm³/mol. The molecular weight excluding hydrogens is 521 g/mol. The lowest BCUT2D eigenvalue weighted by molar-refractivity contribution is -0.121. The van der Waals surface area contributed by atoms with Gasteiger partial charge < -0.3 is 19.3 Å². The van der Waals surface area contributed by atoms with Crippen molar-refractivity contribution in [3.8, 4) is 11.5 Å². The molecule has 2 aromatic rings. The van der Waals surface area contributed by atoms with Gasteiger partial charge in [-0.1, -0.05) is 23.4 Å². The largest absolute Gasteiger partial charge is 0.494 e.